The van der Waals surface area contributed by atoms with E-state index in [1.807, 2.05) is 0 Å². The van der Waals surface area contributed by atoms with Crippen LogP contribution in [0.5, 0.6) is 0 Å². The third-order valence-electron chi connectivity index (χ3n) is 4.39. The maximum Gasteiger partial charge on any atom is 0.0580 e. The van der Waals surface area contributed by atoms with Crippen molar-refractivity contribution in [3.8, 4) is 0 Å². The van der Waals surface area contributed by atoms with E-state index in [1.165, 1.54) is 0 Å². The van der Waals surface area contributed by atoms with Gasteiger partial charge < -0.3 is 21.7 Å². The fourth-order valence-electron chi connectivity index (χ4n) is 2.66. The molecule has 0 radical (unpaired) electrons. The van der Waals surface area contributed by atoms with E-state index in [4.69, 9.17) is 11.5 Å². The van der Waals surface area contributed by atoms with Gasteiger partial charge >= 0.3 is 0 Å². The van der Waals surface area contributed by atoms with E-state index in [2.05, 4.69) is 13.8 Å². The van der Waals surface area contributed by atoms with Crippen LogP contribution in [0.4, 0.5) is 0 Å². The summed E-state index contributed by atoms with van der Waals surface area (Å²) >= 11 is 0. The molecule has 0 unspecified atom stereocenters. The van der Waals surface area contributed by atoms with E-state index < -0.39 is 0 Å². The Morgan fingerprint density at radius 2 is 1.05 bits per heavy atom. The lowest BCUT2D eigenvalue weighted by atomic mass is 9.85. The summed E-state index contributed by atoms with van der Waals surface area (Å²) in [6.45, 7) is 4.16. The maximum atomic E-state index is 9.27. The van der Waals surface area contributed by atoms with Crippen LogP contribution in [-0.4, -0.2) is 34.5 Å². The van der Waals surface area contributed by atoms with Gasteiger partial charge in [-0.15, -0.1) is 0 Å². The molecule has 4 nitrogen and oxygen atoms in total. The second kappa shape index (κ2) is 8.90. The van der Waals surface area contributed by atoms with Gasteiger partial charge in [-0.1, -0.05) is 21.3 Å². The molecule has 6 N–H and O–H groups in total. The monoisotopic (exact) mass is 274 g/mol. The summed E-state index contributed by atoms with van der Waals surface area (Å²) in [5.74, 6) is 0.926. The molecule has 0 aromatic carbocycles. The maximum absolute atomic E-state index is 9.27. The van der Waals surface area contributed by atoms with Crippen molar-refractivity contribution in [3.63, 3.8) is 0 Å². The van der Waals surface area contributed by atoms with Gasteiger partial charge in [0.05, 0.1) is 12.2 Å². The molecule has 0 bridgehead atoms. The number of hydrogen-bond acceptors (Lipinski definition) is 4. The molecule has 2 aliphatic carbocycles. The Bertz CT molecular complexity index is 214. The molecule has 0 amide bonds. The van der Waals surface area contributed by atoms with Crippen LogP contribution in [0.2, 0.25) is 0 Å². The molecule has 2 aliphatic rings. The number of rotatable bonds is 0. The van der Waals surface area contributed by atoms with E-state index in [1.54, 1.807) is 0 Å². The SMILES string of the molecule is C.C[C@@H]1CC[C@H](N)C[C@H]1O.C[C@H]1CC[C@@H](N)C[C@@H]1O. The predicted octanol–water partition coefficient (Wildman–Crippen LogP) is 1.63. The third-order valence-corrected chi connectivity index (χ3v) is 4.39. The number of nitrogens with two attached hydrogens (primary N) is 2. The minimum absolute atomic E-state index is 0. The Hall–Kier alpha value is -0.160. The van der Waals surface area contributed by atoms with Crippen molar-refractivity contribution in [2.75, 3.05) is 0 Å². The van der Waals surface area contributed by atoms with Crippen molar-refractivity contribution in [3.05, 3.63) is 0 Å². The minimum Gasteiger partial charge on any atom is -0.393 e. The van der Waals surface area contributed by atoms with E-state index in [0.717, 1.165) is 38.5 Å². The quantitative estimate of drug-likeness (QED) is 0.540. The molecule has 0 aromatic heterocycles. The molecule has 19 heavy (non-hydrogen) atoms. The summed E-state index contributed by atoms with van der Waals surface area (Å²) in [7, 11) is 0. The van der Waals surface area contributed by atoms with Crippen LogP contribution in [-0.2, 0) is 0 Å². The van der Waals surface area contributed by atoms with Gasteiger partial charge in [0.25, 0.3) is 0 Å². The highest BCUT2D eigenvalue weighted by atomic mass is 16.3. The molecule has 2 saturated carbocycles. The smallest absolute Gasteiger partial charge is 0.0580 e. The lowest BCUT2D eigenvalue weighted by Crippen LogP contribution is -2.35. The molecule has 0 saturated heterocycles. The number of hydrogen-bond donors (Lipinski definition) is 4. The van der Waals surface area contributed by atoms with Crippen molar-refractivity contribution in [1.29, 1.82) is 0 Å². The third kappa shape index (κ3) is 6.70. The summed E-state index contributed by atoms with van der Waals surface area (Å²) < 4.78 is 0. The van der Waals surface area contributed by atoms with Crippen LogP contribution < -0.4 is 11.5 Å². The van der Waals surface area contributed by atoms with Gasteiger partial charge in [0, 0.05) is 12.1 Å². The lowest BCUT2D eigenvalue weighted by molar-refractivity contribution is 0.0705. The molecule has 2 fully saturated rings. The molecule has 0 aromatic rings. The molecular weight excluding hydrogens is 240 g/mol. The van der Waals surface area contributed by atoms with Crippen LogP contribution >= 0.6 is 0 Å². The Morgan fingerprint density at radius 1 is 0.737 bits per heavy atom. The molecule has 4 heteroatoms. The minimum atomic E-state index is -0.145. The zero-order valence-corrected chi connectivity index (χ0v) is 11.8. The van der Waals surface area contributed by atoms with Gasteiger partial charge in [0.1, 0.15) is 0 Å². The number of aliphatic hydroxyl groups is 2. The first-order valence-corrected chi connectivity index (χ1v) is 7.27. The molecule has 0 spiro atoms. The normalized spacial score (nSPS) is 42.6. The average Bonchev–Trinajstić information content (AvgIpc) is 2.30. The standard InChI is InChI=1S/2C7H15NO.CH4/c2*1-5-2-3-6(8)4-7(5)9;/h2*5-7,9H,2-4,8H2,1H3;1H4/t2*5-,6+,7-;/m10./s1. The van der Waals surface area contributed by atoms with Crippen LogP contribution in [0.15, 0.2) is 0 Å². The Kier molecular flexibility index (Phi) is 8.83. The second-order valence-corrected chi connectivity index (χ2v) is 6.24. The first-order chi connectivity index (χ1) is 8.40. The Labute approximate surface area is 118 Å². The van der Waals surface area contributed by atoms with Crippen LogP contribution in [0.1, 0.15) is 59.8 Å². The Morgan fingerprint density at radius 3 is 1.26 bits per heavy atom. The fraction of sp³-hybridized carbons (Fsp3) is 1.00. The summed E-state index contributed by atoms with van der Waals surface area (Å²) in [5, 5.41) is 18.5. The van der Waals surface area contributed by atoms with E-state index in [9.17, 15) is 10.2 Å². The largest absolute Gasteiger partial charge is 0.393 e. The van der Waals surface area contributed by atoms with Crippen molar-refractivity contribution < 1.29 is 10.2 Å². The predicted molar refractivity (Wildman–Crippen MR) is 80.7 cm³/mol. The second-order valence-electron chi connectivity index (χ2n) is 6.24. The van der Waals surface area contributed by atoms with E-state index >= 15 is 0 Å². The Balaban J connectivity index is 0.000000324. The zero-order valence-electron chi connectivity index (χ0n) is 11.8. The van der Waals surface area contributed by atoms with Gasteiger partial charge in [-0.3, -0.25) is 0 Å². The first-order valence-electron chi connectivity index (χ1n) is 7.27. The van der Waals surface area contributed by atoms with Gasteiger partial charge in [-0.2, -0.15) is 0 Å². The fourth-order valence-corrected chi connectivity index (χ4v) is 2.66. The van der Waals surface area contributed by atoms with Gasteiger partial charge in [0.2, 0.25) is 0 Å². The summed E-state index contributed by atoms with van der Waals surface area (Å²) in [6, 6.07) is 0.493. The molecule has 6 atom stereocenters. The van der Waals surface area contributed by atoms with Gasteiger partial charge in [0.15, 0.2) is 0 Å². The van der Waals surface area contributed by atoms with Crippen molar-refractivity contribution >= 4 is 0 Å². The van der Waals surface area contributed by atoms with Crippen LogP contribution in [0.25, 0.3) is 0 Å². The van der Waals surface area contributed by atoms with E-state index in [0.29, 0.717) is 11.8 Å². The number of aliphatic hydroxyl groups excluding tert-OH is 2. The average molecular weight is 274 g/mol. The highest BCUT2D eigenvalue weighted by Crippen LogP contribution is 2.23. The van der Waals surface area contributed by atoms with Crippen LogP contribution in [0, 0.1) is 11.8 Å². The topological polar surface area (TPSA) is 92.5 Å². The molecule has 0 aliphatic heterocycles. The highest BCUT2D eigenvalue weighted by molar-refractivity contribution is 4.79. The highest BCUT2D eigenvalue weighted by Gasteiger charge is 2.23. The summed E-state index contributed by atoms with van der Waals surface area (Å²) in [4.78, 5) is 0. The van der Waals surface area contributed by atoms with Crippen molar-refractivity contribution in [2.24, 2.45) is 23.3 Å². The van der Waals surface area contributed by atoms with Gasteiger partial charge in [-0.25, -0.2) is 0 Å². The molecular formula is C15H34N2O2. The van der Waals surface area contributed by atoms with Crippen molar-refractivity contribution in [2.45, 2.75) is 84.1 Å². The van der Waals surface area contributed by atoms with Crippen molar-refractivity contribution in [1.82, 2.24) is 0 Å². The zero-order chi connectivity index (χ0) is 13.7. The first kappa shape index (κ1) is 18.8. The van der Waals surface area contributed by atoms with E-state index in [-0.39, 0.29) is 31.7 Å². The van der Waals surface area contributed by atoms with Gasteiger partial charge in [-0.05, 0) is 50.4 Å². The molecule has 116 valence electrons. The van der Waals surface area contributed by atoms with Crippen LogP contribution in [0.3, 0.4) is 0 Å². The molecule has 2 rings (SSSR count). The lowest BCUT2D eigenvalue weighted by Gasteiger charge is -2.28. The summed E-state index contributed by atoms with van der Waals surface area (Å²) in [6.07, 6.45) is 5.63. The summed E-state index contributed by atoms with van der Waals surface area (Å²) in [5.41, 5.74) is 11.3. The molecule has 0 heterocycles.